The summed E-state index contributed by atoms with van der Waals surface area (Å²) in [7, 11) is 0. The zero-order chi connectivity index (χ0) is 9.84. The van der Waals surface area contributed by atoms with E-state index in [1.165, 1.54) is 0 Å². The zero-order valence-corrected chi connectivity index (χ0v) is 7.81. The number of nitrogens with one attached hydrogen (secondary N) is 1. The molecule has 1 saturated heterocycles. The number of hydrogen-bond donors (Lipinski definition) is 3. The Kier molecular flexibility index (Phi) is 3.87. The lowest BCUT2D eigenvalue weighted by molar-refractivity contribution is -0.134. The Morgan fingerprint density at radius 2 is 2.31 bits per heavy atom. The zero-order valence-electron chi connectivity index (χ0n) is 7.81. The predicted octanol–water partition coefficient (Wildman–Crippen LogP) is -0.729. The fraction of sp³-hybridized carbons (Fsp3) is 0.778. The van der Waals surface area contributed by atoms with Crippen molar-refractivity contribution in [2.24, 2.45) is 0 Å². The summed E-state index contributed by atoms with van der Waals surface area (Å²) in [6.07, 6.45) is 0.153. The number of rotatable bonds is 3. The van der Waals surface area contributed by atoms with Gasteiger partial charge in [-0.25, -0.2) is 0 Å². The molecule has 3 N–H and O–H groups in total. The molecule has 1 rings (SSSR count). The van der Waals surface area contributed by atoms with Gasteiger partial charge >= 0.3 is 0 Å². The Morgan fingerprint density at radius 3 is 2.92 bits per heavy atom. The number of aliphatic hydroxyl groups is 2. The van der Waals surface area contributed by atoms with Crippen LogP contribution in [0.1, 0.15) is 6.92 Å². The van der Waals surface area contributed by atoms with Crippen molar-refractivity contribution >= 4 is 0 Å². The van der Waals surface area contributed by atoms with Crippen LogP contribution in [0.4, 0.5) is 0 Å². The molecule has 0 aromatic carbocycles. The van der Waals surface area contributed by atoms with E-state index in [2.05, 4.69) is 11.9 Å². The Balaban J connectivity index is 2.50. The molecule has 4 unspecified atom stereocenters. The molecular weight excluding hydrogens is 170 g/mol. The van der Waals surface area contributed by atoms with Crippen molar-refractivity contribution in [1.82, 2.24) is 5.32 Å². The first-order valence-corrected chi connectivity index (χ1v) is 4.49. The monoisotopic (exact) mass is 187 g/mol. The summed E-state index contributed by atoms with van der Waals surface area (Å²) in [6, 6.07) is -0.318. The summed E-state index contributed by atoms with van der Waals surface area (Å²) in [4.78, 5) is 0. The second-order valence-electron chi connectivity index (χ2n) is 3.32. The molecular formula is C9H17NO3. The summed E-state index contributed by atoms with van der Waals surface area (Å²) >= 11 is 0. The van der Waals surface area contributed by atoms with E-state index < -0.39 is 12.2 Å². The van der Waals surface area contributed by atoms with Crippen molar-refractivity contribution in [3.63, 3.8) is 0 Å². The third-order valence-electron chi connectivity index (χ3n) is 2.29. The minimum absolute atomic E-state index is 0.231. The van der Waals surface area contributed by atoms with Crippen LogP contribution in [-0.4, -0.2) is 47.7 Å². The number of ether oxygens (including phenoxy) is 1. The van der Waals surface area contributed by atoms with Crippen LogP contribution in [0.5, 0.6) is 0 Å². The van der Waals surface area contributed by atoms with Crippen molar-refractivity contribution in [3.05, 3.63) is 12.7 Å². The largest absolute Gasteiger partial charge is 0.389 e. The van der Waals surface area contributed by atoms with E-state index in [4.69, 9.17) is 4.74 Å². The first-order chi connectivity index (χ1) is 6.16. The second-order valence-corrected chi connectivity index (χ2v) is 3.32. The molecule has 1 aliphatic rings. The van der Waals surface area contributed by atoms with Gasteiger partial charge in [0.05, 0.1) is 31.0 Å². The van der Waals surface area contributed by atoms with Crippen LogP contribution >= 0.6 is 0 Å². The lowest BCUT2D eigenvalue weighted by Gasteiger charge is -2.36. The number of aliphatic hydroxyl groups excluding tert-OH is 2. The summed E-state index contributed by atoms with van der Waals surface area (Å²) in [5, 5.41) is 22.2. The molecule has 0 amide bonds. The van der Waals surface area contributed by atoms with E-state index in [0.29, 0.717) is 6.54 Å². The van der Waals surface area contributed by atoms with Crippen molar-refractivity contribution in [3.8, 4) is 0 Å². The molecule has 76 valence electrons. The Labute approximate surface area is 78.2 Å². The molecule has 0 spiro atoms. The van der Waals surface area contributed by atoms with Crippen molar-refractivity contribution in [2.45, 2.75) is 31.3 Å². The molecule has 4 heteroatoms. The predicted molar refractivity (Wildman–Crippen MR) is 49.4 cm³/mol. The average molecular weight is 187 g/mol. The van der Waals surface area contributed by atoms with Gasteiger partial charge in [-0.2, -0.15) is 0 Å². The quantitative estimate of drug-likeness (QED) is 0.510. The van der Waals surface area contributed by atoms with E-state index in [1.54, 1.807) is 13.0 Å². The van der Waals surface area contributed by atoms with Crippen LogP contribution in [0.15, 0.2) is 12.7 Å². The van der Waals surface area contributed by atoms with Gasteiger partial charge in [0.2, 0.25) is 0 Å². The maximum absolute atomic E-state index is 9.65. The van der Waals surface area contributed by atoms with E-state index in [9.17, 15) is 10.2 Å². The highest BCUT2D eigenvalue weighted by Gasteiger charge is 2.35. The van der Waals surface area contributed by atoms with Crippen molar-refractivity contribution < 1.29 is 14.9 Å². The lowest BCUT2D eigenvalue weighted by atomic mass is 9.98. The molecule has 4 atom stereocenters. The highest BCUT2D eigenvalue weighted by Crippen LogP contribution is 2.14. The molecule has 4 nitrogen and oxygen atoms in total. The minimum atomic E-state index is -0.663. The maximum Gasteiger partial charge on any atom is 0.0977 e. The van der Waals surface area contributed by atoms with Gasteiger partial charge in [-0.1, -0.05) is 6.08 Å². The summed E-state index contributed by atoms with van der Waals surface area (Å²) < 4.78 is 5.15. The summed E-state index contributed by atoms with van der Waals surface area (Å²) in [5.74, 6) is 0. The fourth-order valence-corrected chi connectivity index (χ4v) is 1.45. The second kappa shape index (κ2) is 4.72. The normalized spacial score (nSPS) is 40.2. The molecule has 0 aliphatic carbocycles. The van der Waals surface area contributed by atoms with Crippen LogP contribution in [0, 0.1) is 0 Å². The average Bonchev–Trinajstić information content (AvgIpc) is 2.12. The van der Waals surface area contributed by atoms with Crippen molar-refractivity contribution in [1.29, 1.82) is 0 Å². The summed E-state index contributed by atoms with van der Waals surface area (Å²) in [5.41, 5.74) is 0. The Bertz CT molecular complexity index is 174. The topological polar surface area (TPSA) is 61.7 Å². The fourth-order valence-electron chi connectivity index (χ4n) is 1.45. The molecule has 0 radical (unpaired) electrons. The van der Waals surface area contributed by atoms with E-state index >= 15 is 0 Å². The molecule has 1 fully saturated rings. The first-order valence-electron chi connectivity index (χ1n) is 4.49. The molecule has 0 aromatic rings. The first kappa shape index (κ1) is 10.7. The highest BCUT2D eigenvalue weighted by molar-refractivity contribution is 4.91. The SMILES string of the molecule is C=CCNC1C(O)COC(C)C1O. The van der Waals surface area contributed by atoms with E-state index in [0.717, 1.165) is 0 Å². The molecule has 0 bridgehead atoms. The number of hydrogen-bond acceptors (Lipinski definition) is 4. The molecule has 13 heavy (non-hydrogen) atoms. The Morgan fingerprint density at radius 1 is 1.62 bits per heavy atom. The van der Waals surface area contributed by atoms with Gasteiger partial charge in [0.15, 0.2) is 0 Å². The van der Waals surface area contributed by atoms with Gasteiger partial charge < -0.3 is 20.3 Å². The van der Waals surface area contributed by atoms with Crippen LogP contribution in [0.3, 0.4) is 0 Å². The van der Waals surface area contributed by atoms with Crippen LogP contribution in [0.2, 0.25) is 0 Å². The van der Waals surface area contributed by atoms with Gasteiger partial charge in [-0.15, -0.1) is 6.58 Å². The highest BCUT2D eigenvalue weighted by atomic mass is 16.5. The van der Waals surface area contributed by atoms with Gasteiger partial charge in [0.25, 0.3) is 0 Å². The molecule has 0 aromatic heterocycles. The standard InChI is InChI=1S/C9H17NO3/c1-3-4-10-8-7(11)5-13-6(2)9(8)12/h3,6-12H,1,4-5H2,2H3. The lowest BCUT2D eigenvalue weighted by Crippen LogP contribution is -2.58. The van der Waals surface area contributed by atoms with Gasteiger partial charge in [-0.05, 0) is 6.92 Å². The molecule has 0 saturated carbocycles. The van der Waals surface area contributed by atoms with Crippen LogP contribution in [-0.2, 0) is 4.74 Å². The van der Waals surface area contributed by atoms with Crippen LogP contribution in [0.25, 0.3) is 0 Å². The Hall–Kier alpha value is -0.420. The van der Waals surface area contributed by atoms with E-state index in [-0.39, 0.29) is 18.8 Å². The third kappa shape index (κ3) is 2.51. The van der Waals surface area contributed by atoms with Crippen molar-refractivity contribution in [2.75, 3.05) is 13.2 Å². The molecule has 1 heterocycles. The van der Waals surface area contributed by atoms with Gasteiger partial charge in [0, 0.05) is 6.54 Å². The smallest absolute Gasteiger partial charge is 0.0977 e. The maximum atomic E-state index is 9.65. The van der Waals surface area contributed by atoms with Gasteiger partial charge in [-0.3, -0.25) is 0 Å². The third-order valence-corrected chi connectivity index (χ3v) is 2.29. The minimum Gasteiger partial charge on any atom is -0.389 e. The van der Waals surface area contributed by atoms with E-state index in [1.807, 2.05) is 0 Å². The van der Waals surface area contributed by atoms with Crippen LogP contribution < -0.4 is 5.32 Å². The summed E-state index contributed by atoms with van der Waals surface area (Å²) in [6.45, 7) is 6.19. The molecule has 1 aliphatic heterocycles. The van der Waals surface area contributed by atoms with Gasteiger partial charge in [0.1, 0.15) is 0 Å².